The maximum absolute atomic E-state index is 13.1. The van der Waals surface area contributed by atoms with Gasteiger partial charge in [0.1, 0.15) is 12.4 Å². The van der Waals surface area contributed by atoms with E-state index in [9.17, 15) is 9.59 Å². The van der Waals surface area contributed by atoms with Gasteiger partial charge in [0.2, 0.25) is 5.91 Å². The number of aromatic nitrogens is 1. The van der Waals surface area contributed by atoms with E-state index in [1.165, 1.54) is 0 Å². The number of rotatable bonds is 8. The Balaban J connectivity index is 1.28. The quantitative estimate of drug-likeness (QED) is 0.499. The van der Waals surface area contributed by atoms with Crippen molar-refractivity contribution in [3.05, 3.63) is 81.8 Å². The van der Waals surface area contributed by atoms with Crippen LogP contribution in [0.3, 0.4) is 0 Å². The molecule has 1 aliphatic rings. The fourth-order valence-corrected chi connectivity index (χ4v) is 4.93. The Morgan fingerprint density at radius 2 is 1.91 bits per heavy atom. The van der Waals surface area contributed by atoms with Gasteiger partial charge in [0.05, 0.1) is 16.6 Å². The highest BCUT2D eigenvalue weighted by Crippen LogP contribution is 2.24. The summed E-state index contributed by atoms with van der Waals surface area (Å²) in [6.45, 7) is 5.71. The van der Waals surface area contributed by atoms with Gasteiger partial charge in [-0.1, -0.05) is 43.3 Å². The molecule has 2 heterocycles. The van der Waals surface area contributed by atoms with Crippen molar-refractivity contribution in [2.45, 2.75) is 51.7 Å². The van der Waals surface area contributed by atoms with Crippen molar-refractivity contribution in [2.24, 2.45) is 0 Å². The highest BCUT2D eigenvalue weighted by atomic mass is 32.1. The minimum atomic E-state index is -0.115. The summed E-state index contributed by atoms with van der Waals surface area (Å²) >= 11 is 1.59. The van der Waals surface area contributed by atoms with Gasteiger partial charge < -0.3 is 15.0 Å². The lowest BCUT2D eigenvalue weighted by Crippen LogP contribution is -2.47. The molecule has 0 spiro atoms. The lowest BCUT2D eigenvalue weighted by molar-refractivity contribution is -0.134. The molecule has 1 atom stereocenters. The van der Waals surface area contributed by atoms with Crippen molar-refractivity contribution in [2.75, 3.05) is 13.1 Å². The molecule has 7 heteroatoms. The smallest absolute Gasteiger partial charge is 0.251 e. The topological polar surface area (TPSA) is 71.5 Å². The number of hydrogen-bond acceptors (Lipinski definition) is 5. The van der Waals surface area contributed by atoms with E-state index in [0.29, 0.717) is 31.0 Å². The minimum Gasteiger partial charge on any atom is -0.487 e. The largest absolute Gasteiger partial charge is 0.487 e. The Hall–Kier alpha value is -3.19. The Bertz CT molecular complexity index is 1110. The van der Waals surface area contributed by atoms with Gasteiger partial charge in [0, 0.05) is 30.1 Å². The number of carbonyl (C=O) groups is 2. The molecule has 1 N–H and O–H groups in total. The first-order valence-corrected chi connectivity index (χ1v) is 12.7. The number of carbonyl (C=O) groups excluding carboxylic acids is 2. The fourth-order valence-electron chi connectivity index (χ4n) is 4.33. The van der Waals surface area contributed by atoms with Crippen LogP contribution in [0.5, 0.6) is 5.75 Å². The molecule has 178 valence electrons. The molecule has 6 nitrogen and oxygen atoms in total. The highest BCUT2D eigenvalue weighted by Gasteiger charge is 2.29. The van der Waals surface area contributed by atoms with Gasteiger partial charge >= 0.3 is 0 Å². The summed E-state index contributed by atoms with van der Waals surface area (Å²) in [4.78, 5) is 32.3. The zero-order chi connectivity index (χ0) is 23.9. The Morgan fingerprint density at radius 1 is 1.15 bits per heavy atom. The molecular weight excluding hydrogens is 446 g/mol. The van der Waals surface area contributed by atoms with E-state index in [1.54, 1.807) is 23.5 Å². The van der Waals surface area contributed by atoms with Crippen molar-refractivity contribution < 1.29 is 14.3 Å². The molecule has 2 amide bonds. The summed E-state index contributed by atoms with van der Waals surface area (Å²) in [5.41, 5.74) is 2.52. The van der Waals surface area contributed by atoms with Crippen LogP contribution in [0.4, 0.5) is 0 Å². The molecule has 1 aromatic heterocycles. The molecule has 1 unspecified atom stereocenters. The molecule has 3 aromatic rings. The molecule has 34 heavy (non-hydrogen) atoms. The van der Waals surface area contributed by atoms with Crippen molar-refractivity contribution in [3.8, 4) is 5.75 Å². The van der Waals surface area contributed by atoms with E-state index in [1.807, 2.05) is 59.7 Å². The third-order valence-corrected chi connectivity index (χ3v) is 7.02. The van der Waals surface area contributed by atoms with E-state index >= 15 is 0 Å². The number of ether oxygens (including phenoxy) is 1. The molecule has 2 aromatic carbocycles. The number of hydrogen-bond donors (Lipinski definition) is 1. The van der Waals surface area contributed by atoms with Crippen LogP contribution < -0.4 is 10.1 Å². The first kappa shape index (κ1) is 24.0. The summed E-state index contributed by atoms with van der Waals surface area (Å²) in [5.74, 6) is 0.600. The lowest BCUT2D eigenvalue weighted by atomic mass is 9.93. The normalized spacial score (nSPS) is 15.1. The second kappa shape index (κ2) is 11.3. The standard InChI is InChI=1S/C27H31N3O3S/c1-3-25(20-8-5-4-6-9-20)27(32)30-14-12-22(13-15-30)29-26(31)21-10-7-11-24(16-21)33-17-23-18-34-19(2)28-23/h4-11,16,18,22,25H,3,12-15,17H2,1-2H3,(H,29,31). The Labute approximate surface area is 205 Å². The molecule has 0 aliphatic carbocycles. The number of benzene rings is 2. The average molecular weight is 478 g/mol. The van der Waals surface area contributed by atoms with Crippen LogP contribution in [0.15, 0.2) is 60.0 Å². The first-order chi connectivity index (χ1) is 16.5. The van der Waals surface area contributed by atoms with Gasteiger partial charge in [-0.15, -0.1) is 11.3 Å². The van der Waals surface area contributed by atoms with Crippen LogP contribution >= 0.6 is 11.3 Å². The van der Waals surface area contributed by atoms with Crippen molar-refractivity contribution in [1.82, 2.24) is 15.2 Å². The van der Waals surface area contributed by atoms with Crippen molar-refractivity contribution in [3.63, 3.8) is 0 Å². The third-order valence-electron chi connectivity index (χ3n) is 6.20. The van der Waals surface area contributed by atoms with Crippen molar-refractivity contribution in [1.29, 1.82) is 0 Å². The number of thiazole rings is 1. The molecular formula is C27H31N3O3S. The molecule has 0 radical (unpaired) electrons. The zero-order valence-electron chi connectivity index (χ0n) is 19.7. The maximum atomic E-state index is 13.1. The third kappa shape index (κ3) is 6.03. The summed E-state index contributed by atoms with van der Waals surface area (Å²) in [5, 5.41) is 6.11. The molecule has 0 bridgehead atoms. The van der Waals surface area contributed by atoms with Gasteiger partial charge in [-0.25, -0.2) is 4.98 Å². The van der Waals surface area contributed by atoms with Crippen molar-refractivity contribution >= 4 is 23.2 Å². The Kier molecular flexibility index (Phi) is 7.95. The predicted octanol–water partition coefficient (Wildman–Crippen LogP) is 4.95. The van der Waals surface area contributed by atoms with Crippen LogP contribution in [-0.2, 0) is 11.4 Å². The number of nitrogens with one attached hydrogen (secondary N) is 1. The van der Waals surface area contributed by atoms with Gasteiger partial charge in [0.25, 0.3) is 5.91 Å². The second-order valence-electron chi connectivity index (χ2n) is 8.62. The van der Waals surface area contributed by atoms with E-state index in [2.05, 4.69) is 17.2 Å². The summed E-state index contributed by atoms with van der Waals surface area (Å²) in [6.07, 6.45) is 2.28. The summed E-state index contributed by atoms with van der Waals surface area (Å²) in [6, 6.07) is 17.3. The van der Waals surface area contributed by atoms with Gasteiger partial charge in [-0.2, -0.15) is 0 Å². The van der Waals surface area contributed by atoms with Crippen LogP contribution in [0.1, 0.15) is 58.7 Å². The first-order valence-electron chi connectivity index (χ1n) is 11.8. The Morgan fingerprint density at radius 3 is 2.59 bits per heavy atom. The number of likely N-dealkylation sites (tertiary alicyclic amines) is 1. The SMILES string of the molecule is CCC(C(=O)N1CCC(NC(=O)c2cccc(OCc3csc(C)n3)c2)CC1)c1ccccc1. The van der Waals surface area contributed by atoms with Gasteiger partial charge in [-0.3, -0.25) is 9.59 Å². The fraction of sp³-hybridized carbons (Fsp3) is 0.370. The van der Waals surface area contributed by atoms with Crippen LogP contribution in [-0.4, -0.2) is 40.8 Å². The number of aryl methyl sites for hydroxylation is 1. The van der Waals surface area contributed by atoms with E-state index in [-0.39, 0.29) is 23.8 Å². The van der Waals surface area contributed by atoms with Crippen LogP contribution in [0.2, 0.25) is 0 Å². The molecule has 0 saturated carbocycles. The zero-order valence-corrected chi connectivity index (χ0v) is 20.5. The summed E-state index contributed by atoms with van der Waals surface area (Å²) in [7, 11) is 0. The number of nitrogens with zero attached hydrogens (tertiary/aromatic N) is 2. The molecule has 1 aliphatic heterocycles. The molecule has 1 saturated heterocycles. The molecule has 4 rings (SSSR count). The predicted molar refractivity (Wildman–Crippen MR) is 134 cm³/mol. The number of amides is 2. The second-order valence-corrected chi connectivity index (χ2v) is 9.68. The van der Waals surface area contributed by atoms with Gasteiger partial charge in [-0.05, 0) is 49.9 Å². The van der Waals surface area contributed by atoms with Gasteiger partial charge in [0.15, 0.2) is 0 Å². The monoisotopic (exact) mass is 477 g/mol. The van der Waals surface area contributed by atoms with E-state index in [4.69, 9.17) is 4.74 Å². The van der Waals surface area contributed by atoms with Crippen LogP contribution in [0, 0.1) is 6.92 Å². The average Bonchev–Trinajstić information content (AvgIpc) is 3.29. The molecule has 1 fully saturated rings. The maximum Gasteiger partial charge on any atom is 0.251 e. The van der Waals surface area contributed by atoms with Crippen LogP contribution in [0.25, 0.3) is 0 Å². The number of piperidine rings is 1. The van der Waals surface area contributed by atoms with E-state index < -0.39 is 0 Å². The minimum absolute atomic E-state index is 0.0518. The van der Waals surface area contributed by atoms with E-state index in [0.717, 1.165) is 35.5 Å². The summed E-state index contributed by atoms with van der Waals surface area (Å²) < 4.78 is 5.82. The lowest BCUT2D eigenvalue weighted by Gasteiger charge is -2.34. The highest BCUT2D eigenvalue weighted by molar-refractivity contribution is 7.09.